The average Bonchev–Trinajstić information content (AvgIpc) is 2.96. The molecule has 2 aromatic heterocycles. The molecule has 1 N–H and O–H groups in total. The quantitative estimate of drug-likeness (QED) is 0.938. The van der Waals surface area contributed by atoms with Crippen molar-refractivity contribution in [1.82, 2.24) is 14.4 Å². The molecule has 0 aliphatic carbocycles. The number of hydrogen-bond donors (Lipinski definition) is 1. The maximum atomic E-state index is 4.79. The molecule has 3 rings (SSSR count). The van der Waals surface area contributed by atoms with Crippen LogP contribution in [0.4, 0.5) is 11.6 Å². The van der Waals surface area contributed by atoms with Crippen LogP contribution in [0.5, 0.6) is 0 Å². The molecular formula is C16H25N5. The number of rotatable bonds is 4. The highest BCUT2D eigenvalue weighted by molar-refractivity contribution is 5.67. The Kier molecular flexibility index (Phi) is 3.74. The van der Waals surface area contributed by atoms with Crippen LogP contribution >= 0.6 is 0 Å². The van der Waals surface area contributed by atoms with Gasteiger partial charge in [-0.1, -0.05) is 20.3 Å². The van der Waals surface area contributed by atoms with E-state index < -0.39 is 0 Å². The third-order valence-electron chi connectivity index (χ3n) is 4.84. The highest BCUT2D eigenvalue weighted by atomic mass is 15.2. The van der Waals surface area contributed by atoms with Gasteiger partial charge in [-0.15, -0.1) is 0 Å². The van der Waals surface area contributed by atoms with Crippen molar-refractivity contribution in [2.75, 3.05) is 29.9 Å². The first kappa shape index (κ1) is 14.2. The third-order valence-corrected chi connectivity index (χ3v) is 4.84. The molecule has 5 nitrogen and oxygen atoms in total. The molecule has 21 heavy (non-hydrogen) atoms. The van der Waals surface area contributed by atoms with E-state index in [9.17, 15) is 0 Å². The van der Waals surface area contributed by atoms with Crippen molar-refractivity contribution in [3.8, 4) is 0 Å². The molecule has 3 heterocycles. The largest absolute Gasteiger partial charge is 0.369 e. The molecule has 0 amide bonds. The number of nitrogens with zero attached hydrogens (tertiary/aromatic N) is 4. The van der Waals surface area contributed by atoms with E-state index in [-0.39, 0.29) is 0 Å². The summed E-state index contributed by atoms with van der Waals surface area (Å²) in [5.74, 6) is 1.93. The van der Waals surface area contributed by atoms with Gasteiger partial charge in [-0.05, 0) is 25.2 Å². The number of imidazole rings is 1. The number of nitrogens with one attached hydrogen (secondary N) is 1. The van der Waals surface area contributed by atoms with E-state index in [1.807, 2.05) is 18.6 Å². The molecule has 0 radical (unpaired) electrons. The predicted octanol–water partition coefficient (Wildman–Crippen LogP) is 3.18. The minimum atomic E-state index is 0.488. The number of hydrogen-bond acceptors (Lipinski definition) is 4. The molecule has 0 aromatic carbocycles. The zero-order chi connectivity index (χ0) is 14.9. The molecule has 1 saturated heterocycles. The van der Waals surface area contributed by atoms with Crippen molar-refractivity contribution in [3.05, 3.63) is 18.6 Å². The van der Waals surface area contributed by atoms with Crippen LogP contribution in [0.3, 0.4) is 0 Å². The van der Waals surface area contributed by atoms with Crippen LogP contribution in [0.25, 0.3) is 5.65 Å². The monoisotopic (exact) mass is 287 g/mol. The SMILES string of the molecule is CCNc1cn2ccnc2c(N2CCC(C)(CC)CC2)n1. The van der Waals surface area contributed by atoms with Crippen LogP contribution in [0.2, 0.25) is 0 Å². The van der Waals surface area contributed by atoms with Gasteiger partial charge in [0.15, 0.2) is 11.5 Å². The minimum Gasteiger partial charge on any atom is -0.369 e. The van der Waals surface area contributed by atoms with Gasteiger partial charge in [0.2, 0.25) is 0 Å². The minimum absolute atomic E-state index is 0.488. The van der Waals surface area contributed by atoms with Crippen LogP contribution in [-0.2, 0) is 0 Å². The number of piperidine rings is 1. The van der Waals surface area contributed by atoms with E-state index in [2.05, 4.69) is 40.4 Å². The first-order valence-electron chi connectivity index (χ1n) is 7.98. The first-order chi connectivity index (χ1) is 10.1. The molecule has 0 spiro atoms. The van der Waals surface area contributed by atoms with Crippen LogP contribution in [0, 0.1) is 5.41 Å². The molecule has 0 saturated carbocycles. The second-order valence-electron chi connectivity index (χ2n) is 6.29. The standard InChI is InChI=1S/C16H25N5/c1-4-16(3)6-9-20(10-7-16)15-14-18-8-11-21(14)12-13(19-15)17-5-2/h8,11-12,17H,4-7,9-10H2,1-3H3. The lowest BCUT2D eigenvalue weighted by Gasteiger charge is -2.39. The fourth-order valence-corrected chi connectivity index (χ4v) is 3.01. The fraction of sp³-hybridized carbons (Fsp3) is 0.625. The Morgan fingerprint density at radius 3 is 2.71 bits per heavy atom. The van der Waals surface area contributed by atoms with E-state index in [1.54, 1.807) is 0 Å². The number of aromatic nitrogens is 3. The summed E-state index contributed by atoms with van der Waals surface area (Å²) in [5.41, 5.74) is 1.44. The molecule has 0 atom stereocenters. The normalized spacial score (nSPS) is 18.1. The maximum Gasteiger partial charge on any atom is 0.180 e. The summed E-state index contributed by atoms with van der Waals surface area (Å²) < 4.78 is 2.06. The van der Waals surface area contributed by atoms with Gasteiger partial charge in [0.1, 0.15) is 5.82 Å². The van der Waals surface area contributed by atoms with E-state index in [4.69, 9.17) is 4.98 Å². The molecule has 1 fully saturated rings. The average molecular weight is 287 g/mol. The maximum absolute atomic E-state index is 4.79. The van der Waals surface area contributed by atoms with Crippen molar-refractivity contribution >= 4 is 17.3 Å². The highest BCUT2D eigenvalue weighted by Crippen LogP contribution is 2.36. The first-order valence-corrected chi connectivity index (χ1v) is 7.98. The van der Waals surface area contributed by atoms with Crippen molar-refractivity contribution in [1.29, 1.82) is 0 Å². The van der Waals surface area contributed by atoms with Gasteiger partial charge in [0, 0.05) is 32.0 Å². The van der Waals surface area contributed by atoms with E-state index in [1.165, 1.54) is 19.3 Å². The summed E-state index contributed by atoms with van der Waals surface area (Å²) in [6.07, 6.45) is 9.55. The van der Waals surface area contributed by atoms with Crippen LogP contribution in [0.1, 0.15) is 40.0 Å². The highest BCUT2D eigenvalue weighted by Gasteiger charge is 2.29. The smallest absolute Gasteiger partial charge is 0.180 e. The molecule has 2 aromatic rings. The Morgan fingerprint density at radius 2 is 2.05 bits per heavy atom. The Morgan fingerprint density at radius 1 is 1.29 bits per heavy atom. The second-order valence-corrected chi connectivity index (χ2v) is 6.29. The van der Waals surface area contributed by atoms with E-state index in [0.717, 1.165) is 36.9 Å². The number of anilines is 2. The summed E-state index contributed by atoms with van der Waals surface area (Å²) in [6.45, 7) is 9.79. The van der Waals surface area contributed by atoms with Crippen LogP contribution in [0.15, 0.2) is 18.6 Å². The van der Waals surface area contributed by atoms with Crippen LogP contribution in [-0.4, -0.2) is 34.0 Å². The summed E-state index contributed by atoms with van der Waals surface area (Å²) in [4.78, 5) is 11.7. The Labute approximate surface area is 126 Å². The van der Waals surface area contributed by atoms with Gasteiger partial charge >= 0.3 is 0 Å². The fourth-order valence-electron chi connectivity index (χ4n) is 3.01. The zero-order valence-corrected chi connectivity index (χ0v) is 13.3. The van der Waals surface area contributed by atoms with Gasteiger partial charge in [-0.3, -0.25) is 0 Å². The Hall–Kier alpha value is -1.78. The predicted molar refractivity (Wildman–Crippen MR) is 87.0 cm³/mol. The summed E-state index contributed by atoms with van der Waals surface area (Å²) >= 11 is 0. The molecule has 114 valence electrons. The van der Waals surface area contributed by atoms with E-state index in [0.29, 0.717) is 5.41 Å². The third kappa shape index (κ3) is 2.69. The van der Waals surface area contributed by atoms with Crippen molar-refractivity contribution in [2.24, 2.45) is 5.41 Å². The molecule has 0 unspecified atom stereocenters. The van der Waals surface area contributed by atoms with Crippen molar-refractivity contribution in [2.45, 2.75) is 40.0 Å². The topological polar surface area (TPSA) is 45.5 Å². The molecule has 0 bridgehead atoms. The molecule has 1 aliphatic rings. The van der Waals surface area contributed by atoms with Gasteiger partial charge in [0.05, 0.1) is 6.20 Å². The summed E-state index contributed by atoms with van der Waals surface area (Å²) in [5, 5.41) is 3.31. The van der Waals surface area contributed by atoms with Gasteiger partial charge in [-0.2, -0.15) is 0 Å². The lowest BCUT2D eigenvalue weighted by Crippen LogP contribution is -2.39. The lowest BCUT2D eigenvalue weighted by atomic mass is 9.78. The molecular weight excluding hydrogens is 262 g/mol. The van der Waals surface area contributed by atoms with Gasteiger partial charge in [-0.25, -0.2) is 9.97 Å². The Bertz CT molecular complexity index is 610. The summed E-state index contributed by atoms with van der Waals surface area (Å²) in [7, 11) is 0. The lowest BCUT2D eigenvalue weighted by molar-refractivity contribution is 0.238. The molecule has 1 aliphatic heterocycles. The van der Waals surface area contributed by atoms with Crippen molar-refractivity contribution < 1.29 is 0 Å². The van der Waals surface area contributed by atoms with Crippen molar-refractivity contribution in [3.63, 3.8) is 0 Å². The summed E-state index contributed by atoms with van der Waals surface area (Å²) in [6, 6.07) is 0. The zero-order valence-electron chi connectivity index (χ0n) is 13.3. The Balaban J connectivity index is 1.91. The number of fused-ring (bicyclic) bond motifs is 1. The van der Waals surface area contributed by atoms with Crippen LogP contribution < -0.4 is 10.2 Å². The molecule has 5 heteroatoms. The van der Waals surface area contributed by atoms with Gasteiger partial charge < -0.3 is 14.6 Å². The van der Waals surface area contributed by atoms with E-state index >= 15 is 0 Å². The van der Waals surface area contributed by atoms with Gasteiger partial charge in [0.25, 0.3) is 0 Å². The second kappa shape index (κ2) is 5.54.